The van der Waals surface area contributed by atoms with E-state index in [0.29, 0.717) is 0 Å². The van der Waals surface area contributed by atoms with Gasteiger partial charge >= 0.3 is 0 Å². The first-order valence-corrected chi connectivity index (χ1v) is 6.77. The van der Waals surface area contributed by atoms with E-state index in [0.717, 1.165) is 4.88 Å². The molecule has 0 atom stereocenters. The Kier molecular flexibility index (Phi) is 5.50. The van der Waals surface area contributed by atoms with Crippen molar-refractivity contribution in [2.45, 2.75) is 52.4 Å². The molecular formula is C14H20S. The molecule has 0 spiro atoms. The minimum Gasteiger partial charge on any atom is -0.135 e. The van der Waals surface area contributed by atoms with Gasteiger partial charge in [0.15, 0.2) is 0 Å². The van der Waals surface area contributed by atoms with Crippen molar-refractivity contribution in [3.8, 4) is 12.3 Å². The third kappa shape index (κ3) is 3.39. The van der Waals surface area contributed by atoms with Crippen LogP contribution in [-0.4, -0.2) is 0 Å². The van der Waals surface area contributed by atoms with Crippen LogP contribution < -0.4 is 0 Å². The number of thiophene rings is 1. The van der Waals surface area contributed by atoms with E-state index in [1.807, 2.05) is 0 Å². The van der Waals surface area contributed by atoms with Crippen molar-refractivity contribution >= 4 is 11.3 Å². The molecule has 0 aliphatic carbocycles. The van der Waals surface area contributed by atoms with E-state index in [2.05, 4.69) is 25.1 Å². The summed E-state index contributed by atoms with van der Waals surface area (Å²) < 4.78 is 0. The van der Waals surface area contributed by atoms with Crippen molar-refractivity contribution < 1.29 is 0 Å². The van der Waals surface area contributed by atoms with Crippen molar-refractivity contribution in [2.24, 2.45) is 0 Å². The fourth-order valence-corrected chi connectivity index (χ4v) is 2.71. The van der Waals surface area contributed by atoms with Crippen molar-refractivity contribution in [1.29, 1.82) is 0 Å². The number of terminal acetylenes is 1. The van der Waals surface area contributed by atoms with Crippen LogP contribution in [0.25, 0.3) is 0 Å². The fourth-order valence-electron chi connectivity index (χ4n) is 1.74. The zero-order chi connectivity index (χ0) is 11.1. The molecule has 1 aromatic rings. The van der Waals surface area contributed by atoms with E-state index >= 15 is 0 Å². The normalized spacial score (nSPS) is 10.2. The van der Waals surface area contributed by atoms with Crippen molar-refractivity contribution in [2.75, 3.05) is 0 Å². The van der Waals surface area contributed by atoms with E-state index in [-0.39, 0.29) is 0 Å². The molecule has 0 nitrogen and oxygen atoms in total. The molecule has 0 amide bonds. The number of aryl methyl sites for hydroxylation is 1. The Morgan fingerprint density at radius 3 is 2.47 bits per heavy atom. The summed E-state index contributed by atoms with van der Waals surface area (Å²) in [5.41, 5.74) is 2.96. The maximum atomic E-state index is 5.52. The minimum absolute atomic E-state index is 1.16. The lowest BCUT2D eigenvalue weighted by Crippen LogP contribution is -1.92. The predicted octanol–water partition coefficient (Wildman–Crippen LogP) is 4.41. The molecule has 1 heterocycles. The van der Waals surface area contributed by atoms with E-state index < -0.39 is 0 Å². The lowest BCUT2D eigenvalue weighted by Gasteiger charge is -2.03. The van der Waals surface area contributed by atoms with Gasteiger partial charge in [0.05, 0.1) is 4.88 Å². The van der Waals surface area contributed by atoms with Gasteiger partial charge in [0, 0.05) is 0 Å². The zero-order valence-electron chi connectivity index (χ0n) is 9.81. The van der Waals surface area contributed by atoms with Crippen LogP contribution >= 0.6 is 11.3 Å². The average molecular weight is 220 g/mol. The Bertz CT molecular complexity index is 328. The molecule has 0 N–H and O–H groups in total. The highest BCUT2D eigenvalue weighted by Crippen LogP contribution is 2.25. The predicted molar refractivity (Wildman–Crippen MR) is 69.5 cm³/mol. The second-order valence-corrected chi connectivity index (χ2v) is 4.80. The van der Waals surface area contributed by atoms with Gasteiger partial charge in [-0.05, 0) is 42.2 Å². The zero-order valence-corrected chi connectivity index (χ0v) is 10.6. The molecule has 0 radical (unpaired) electrons. The van der Waals surface area contributed by atoms with Crippen LogP contribution in [0, 0.1) is 12.3 Å². The molecule has 0 aromatic carbocycles. The smallest absolute Gasteiger partial charge is 0.0800 e. The molecule has 1 heteroatoms. The van der Waals surface area contributed by atoms with E-state index in [4.69, 9.17) is 6.42 Å². The number of unbranched alkanes of at least 4 members (excludes halogenated alkanes) is 2. The van der Waals surface area contributed by atoms with Crippen LogP contribution in [0.5, 0.6) is 0 Å². The maximum absolute atomic E-state index is 5.52. The van der Waals surface area contributed by atoms with Gasteiger partial charge in [0.1, 0.15) is 0 Å². The van der Waals surface area contributed by atoms with Crippen LogP contribution in [-0.2, 0) is 12.8 Å². The molecule has 0 saturated heterocycles. The Morgan fingerprint density at radius 2 is 1.87 bits per heavy atom. The quantitative estimate of drug-likeness (QED) is 0.623. The third-order valence-electron chi connectivity index (χ3n) is 2.69. The Labute approximate surface area is 97.7 Å². The standard InChI is InChI=1S/C14H20S/c1-4-7-9-12-11-15-14(6-3)13(12)10-8-5-2/h3,11H,4-5,7-10H2,1-2H3. The first-order chi connectivity index (χ1) is 7.33. The topological polar surface area (TPSA) is 0 Å². The SMILES string of the molecule is C#Cc1scc(CCCC)c1CCCC. The highest BCUT2D eigenvalue weighted by Gasteiger charge is 2.08. The largest absolute Gasteiger partial charge is 0.135 e. The van der Waals surface area contributed by atoms with E-state index in [1.54, 1.807) is 11.3 Å². The van der Waals surface area contributed by atoms with Gasteiger partial charge in [0.2, 0.25) is 0 Å². The monoisotopic (exact) mass is 220 g/mol. The molecule has 0 unspecified atom stereocenters. The molecule has 82 valence electrons. The van der Waals surface area contributed by atoms with Crippen LogP contribution in [0.2, 0.25) is 0 Å². The molecule has 0 fully saturated rings. The summed E-state index contributed by atoms with van der Waals surface area (Å²) in [6.07, 6.45) is 12.9. The first kappa shape index (κ1) is 12.3. The number of hydrogen-bond acceptors (Lipinski definition) is 1. The summed E-state index contributed by atoms with van der Waals surface area (Å²) >= 11 is 1.74. The summed E-state index contributed by atoms with van der Waals surface area (Å²) in [6.45, 7) is 4.47. The Hall–Kier alpha value is -0.740. The van der Waals surface area contributed by atoms with Gasteiger partial charge in [-0.25, -0.2) is 0 Å². The summed E-state index contributed by atoms with van der Waals surface area (Å²) in [7, 11) is 0. The van der Waals surface area contributed by atoms with Gasteiger partial charge in [-0.1, -0.05) is 32.6 Å². The molecule has 15 heavy (non-hydrogen) atoms. The van der Waals surface area contributed by atoms with E-state index in [1.165, 1.54) is 49.7 Å². The highest BCUT2D eigenvalue weighted by atomic mass is 32.1. The maximum Gasteiger partial charge on any atom is 0.0800 e. The third-order valence-corrected chi connectivity index (χ3v) is 3.69. The lowest BCUT2D eigenvalue weighted by molar-refractivity contribution is 0.761. The molecule has 0 bridgehead atoms. The van der Waals surface area contributed by atoms with Crippen molar-refractivity contribution in [1.82, 2.24) is 0 Å². The second-order valence-electron chi connectivity index (χ2n) is 3.92. The van der Waals surface area contributed by atoms with Crippen LogP contribution in [0.1, 0.15) is 55.5 Å². The molecule has 0 saturated carbocycles. The molecule has 0 aliphatic heterocycles. The fraction of sp³-hybridized carbons (Fsp3) is 0.571. The molecule has 1 aromatic heterocycles. The molecular weight excluding hydrogens is 200 g/mol. The van der Waals surface area contributed by atoms with Crippen LogP contribution in [0.15, 0.2) is 5.38 Å². The Morgan fingerprint density at radius 1 is 1.20 bits per heavy atom. The number of hydrogen-bond donors (Lipinski definition) is 0. The van der Waals surface area contributed by atoms with Gasteiger partial charge in [-0.2, -0.15) is 0 Å². The summed E-state index contributed by atoms with van der Waals surface area (Å²) in [5.74, 6) is 2.82. The van der Waals surface area contributed by atoms with Crippen molar-refractivity contribution in [3.05, 3.63) is 21.4 Å². The van der Waals surface area contributed by atoms with Crippen molar-refractivity contribution in [3.63, 3.8) is 0 Å². The Balaban J connectivity index is 2.76. The van der Waals surface area contributed by atoms with Crippen LogP contribution in [0.3, 0.4) is 0 Å². The molecule has 0 aliphatic rings. The van der Waals surface area contributed by atoms with Gasteiger partial charge < -0.3 is 0 Å². The second kappa shape index (κ2) is 6.69. The van der Waals surface area contributed by atoms with E-state index in [9.17, 15) is 0 Å². The lowest BCUT2D eigenvalue weighted by atomic mass is 10.0. The number of rotatable bonds is 6. The molecule has 1 rings (SSSR count). The minimum atomic E-state index is 1.16. The average Bonchev–Trinajstić information content (AvgIpc) is 2.65. The van der Waals surface area contributed by atoms with Gasteiger partial charge in [0.25, 0.3) is 0 Å². The highest BCUT2D eigenvalue weighted by molar-refractivity contribution is 7.10. The first-order valence-electron chi connectivity index (χ1n) is 5.89. The summed E-state index contributed by atoms with van der Waals surface area (Å²) in [6, 6.07) is 0. The summed E-state index contributed by atoms with van der Waals surface area (Å²) in [4.78, 5) is 1.16. The van der Waals surface area contributed by atoms with Gasteiger partial charge in [-0.15, -0.1) is 17.8 Å². The summed E-state index contributed by atoms with van der Waals surface area (Å²) in [5, 5.41) is 2.26. The van der Waals surface area contributed by atoms with Crippen LogP contribution in [0.4, 0.5) is 0 Å². The van der Waals surface area contributed by atoms with Gasteiger partial charge in [-0.3, -0.25) is 0 Å².